The molecule has 0 radical (unpaired) electrons. The first-order valence-electron chi connectivity index (χ1n) is 4.81. The normalized spacial score (nSPS) is 10.7. The molecule has 0 aliphatic rings. The van der Waals surface area contributed by atoms with Gasteiger partial charge in [0.25, 0.3) is 0 Å². The molecular formula is C12H6I4S2. The highest BCUT2D eigenvalue weighted by Gasteiger charge is 2.06. The van der Waals surface area contributed by atoms with E-state index in [4.69, 9.17) is 0 Å². The quantitative estimate of drug-likeness (QED) is 0.250. The van der Waals surface area contributed by atoms with Gasteiger partial charge in [0.2, 0.25) is 0 Å². The lowest BCUT2D eigenvalue weighted by Crippen LogP contribution is -1.81. The second kappa shape index (κ2) is 7.90. The number of halogens is 4. The van der Waals surface area contributed by atoms with Gasteiger partial charge in [0.05, 0.1) is 0 Å². The number of hydrogen-bond acceptors (Lipinski definition) is 2. The van der Waals surface area contributed by atoms with Gasteiger partial charge >= 0.3 is 0 Å². The average molecular weight is 722 g/mol. The number of hydrogen-bond donors (Lipinski definition) is 0. The summed E-state index contributed by atoms with van der Waals surface area (Å²) in [4.78, 5) is 2.67. The lowest BCUT2D eigenvalue weighted by atomic mass is 10.4. The monoisotopic (exact) mass is 722 g/mol. The van der Waals surface area contributed by atoms with E-state index >= 15 is 0 Å². The van der Waals surface area contributed by atoms with Crippen LogP contribution in [0.5, 0.6) is 0 Å². The minimum absolute atomic E-state index is 1.29. The van der Waals surface area contributed by atoms with Crippen molar-refractivity contribution in [3.8, 4) is 0 Å². The van der Waals surface area contributed by atoms with Crippen LogP contribution in [-0.4, -0.2) is 0 Å². The Kier molecular flexibility index (Phi) is 7.21. The maximum absolute atomic E-state index is 2.39. The van der Waals surface area contributed by atoms with E-state index in [9.17, 15) is 0 Å². The zero-order valence-corrected chi connectivity index (χ0v) is 19.1. The second-order valence-electron chi connectivity index (χ2n) is 3.32. The second-order valence-corrected chi connectivity index (χ2v) is 10.3. The lowest BCUT2D eigenvalue weighted by Gasteiger charge is -2.06. The van der Waals surface area contributed by atoms with Crippen molar-refractivity contribution in [2.24, 2.45) is 0 Å². The Morgan fingerprint density at radius 2 is 1.00 bits per heavy atom. The summed E-state index contributed by atoms with van der Waals surface area (Å²) in [7, 11) is 3.67. The SMILES string of the molecule is Ic1ccc(I)c(SSc2cc(I)ccc2I)c1. The smallest absolute Gasteiger partial charge is 0.0330 e. The summed E-state index contributed by atoms with van der Waals surface area (Å²) in [5.41, 5.74) is 0. The van der Waals surface area contributed by atoms with E-state index < -0.39 is 0 Å². The van der Waals surface area contributed by atoms with Crippen LogP contribution in [0.2, 0.25) is 0 Å². The molecule has 0 amide bonds. The molecule has 0 nitrogen and oxygen atoms in total. The van der Waals surface area contributed by atoms with Crippen molar-refractivity contribution >= 4 is 112 Å². The molecule has 0 heterocycles. The van der Waals surface area contributed by atoms with Crippen molar-refractivity contribution in [3.05, 3.63) is 50.7 Å². The zero-order valence-electron chi connectivity index (χ0n) is 8.79. The Balaban J connectivity index is 2.16. The highest BCUT2D eigenvalue weighted by molar-refractivity contribution is 14.1. The van der Waals surface area contributed by atoms with Crippen LogP contribution in [0.1, 0.15) is 0 Å². The molecule has 0 aromatic heterocycles. The largest absolute Gasteiger partial charge is 0.0514 e. The molecule has 0 unspecified atom stereocenters. The van der Waals surface area contributed by atoms with Gasteiger partial charge in [-0.25, -0.2) is 0 Å². The Bertz CT molecular complexity index is 520. The summed E-state index contributed by atoms with van der Waals surface area (Å²) < 4.78 is 5.19. The third-order valence-electron chi connectivity index (χ3n) is 2.01. The molecule has 2 aromatic carbocycles. The van der Waals surface area contributed by atoms with Crippen molar-refractivity contribution < 1.29 is 0 Å². The van der Waals surface area contributed by atoms with Gasteiger partial charge in [-0.15, -0.1) is 0 Å². The minimum atomic E-state index is 1.29. The topological polar surface area (TPSA) is 0 Å². The van der Waals surface area contributed by atoms with Crippen LogP contribution in [0.15, 0.2) is 46.2 Å². The van der Waals surface area contributed by atoms with Gasteiger partial charge in [-0.1, -0.05) is 21.6 Å². The van der Waals surface area contributed by atoms with Crippen molar-refractivity contribution in [1.82, 2.24) is 0 Å². The summed E-state index contributed by atoms with van der Waals surface area (Å²) in [6, 6.07) is 13.1. The van der Waals surface area contributed by atoms with E-state index in [1.807, 2.05) is 21.6 Å². The first-order valence-corrected chi connectivity index (χ1v) is 11.3. The third-order valence-corrected chi connectivity index (χ3v) is 8.41. The Hall–Kier alpha value is 2.06. The molecule has 94 valence electrons. The van der Waals surface area contributed by atoms with Crippen molar-refractivity contribution in [2.45, 2.75) is 9.79 Å². The fourth-order valence-electron chi connectivity index (χ4n) is 1.17. The molecule has 0 fully saturated rings. The third kappa shape index (κ3) is 4.81. The average Bonchev–Trinajstić information content (AvgIpc) is 2.34. The van der Waals surface area contributed by atoms with Gasteiger partial charge in [-0.3, -0.25) is 0 Å². The van der Waals surface area contributed by atoms with E-state index in [1.165, 1.54) is 24.1 Å². The predicted molar refractivity (Wildman–Crippen MR) is 115 cm³/mol. The molecule has 0 atom stereocenters. The van der Waals surface area contributed by atoms with E-state index in [0.717, 1.165) is 0 Å². The van der Waals surface area contributed by atoms with Crippen LogP contribution in [0.3, 0.4) is 0 Å². The van der Waals surface area contributed by atoms with E-state index in [-0.39, 0.29) is 0 Å². The molecule has 6 heteroatoms. The molecule has 0 bridgehead atoms. The maximum atomic E-state index is 2.39. The fraction of sp³-hybridized carbons (Fsp3) is 0. The summed E-state index contributed by atoms with van der Waals surface area (Å²) in [6.45, 7) is 0. The molecule has 0 saturated heterocycles. The van der Waals surface area contributed by atoms with Crippen LogP contribution in [0.4, 0.5) is 0 Å². The molecular weight excluding hydrogens is 716 g/mol. The highest BCUT2D eigenvalue weighted by atomic mass is 127. The molecule has 18 heavy (non-hydrogen) atoms. The van der Waals surface area contributed by atoms with Gasteiger partial charge in [-0.2, -0.15) is 0 Å². The minimum Gasteiger partial charge on any atom is -0.0514 e. The highest BCUT2D eigenvalue weighted by Crippen LogP contribution is 2.41. The first-order chi connectivity index (χ1) is 8.56. The first kappa shape index (κ1) is 16.4. The zero-order chi connectivity index (χ0) is 13.1. The van der Waals surface area contributed by atoms with E-state index in [0.29, 0.717) is 0 Å². The molecule has 2 aromatic rings. The van der Waals surface area contributed by atoms with Crippen LogP contribution in [0.25, 0.3) is 0 Å². The van der Waals surface area contributed by atoms with Crippen LogP contribution >= 0.6 is 112 Å². The van der Waals surface area contributed by atoms with E-state index in [2.05, 4.69) is 127 Å². The Labute approximate surface area is 169 Å². The summed E-state index contributed by atoms with van der Waals surface area (Å²) >= 11 is 9.51. The molecule has 0 saturated carbocycles. The number of rotatable bonds is 3. The summed E-state index contributed by atoms with van der Waals surface area (Å²) in [5, 5.41) is 0. The van der Waals surface area contributed by atoms with Gasteiger partial charge in [0.1, 0.15) is 0 Å². The van der Waals surface area contributed by atoms with Crippen LogP contribution in [-0.2, 0) is 0 Å². The van der Waals surface area contributed by atoms with E-state index in [1.54, 1.807) is 0 Å². The Morgan fingerprint density at radius 1 is 0.611 bits per heavy atom. The van der Waals surface area contributed by atoms with Crippen molar-refractivity contribution in [2.75, 3.05) is 0 Å². The van der Waals surface area contributed by atoms with Gasteiger partial charge in [-0.05, 0) is 127 Å². The fourth-order valence-corrected chi connectivity index (χ4v) is 7.00. The van der Waals surface area contributed by atoms with Crippen LogP contribution < -0.4 is 0 Å². The summed E-state index contributed by atoms with van der Waals surface area (Å²) in [6.07, 6.45) is 0. The maximum Gasteiger partial charge on any atom is 0.0330 e. The number of benzene rings is 2. The molecule has 2 rings (SSSR count). The lowest BCUT2D eigenvalue weighted by molar-refractivity contribution is 1.38. The van der Waals surface area contributed by atoms with Crippen molar-refractivity contribution in [1.29, 1.82) is 0 Å². The van der Waals surface area contributed by atoms with Gasteiger partial charge < -0.3 is 0 Å². The van der Waals surface area contributed by atoms with Crippen LogP contribution in [0, 0.1) is 14.3 Å². The van der Waals surface area contributed by atoms with Gasteiger partial charge in [0.15, 0.2) is 0 Å². The molecule has 0 aliphatic carbocycles. The standard InChI is InChI=1S/C12H6I4S2/c13-7-1-3-9(15)11(5-7)17-18-12-6-8(14)2-4-10(12)16/h1-6H. The molecule has 0 aliphatic heterocycles. The predicted octanol–water partition coefficient (Wildman–Crippen LogP) is 6.90. The summed E-state index contributed by atoms with van der Waals surface area (Å²) in [5.74, 6) is 0. The molecule has 0 N–H and O–H groups in total. The molecule has 0 spiro atoms. The Morgan fingerprint density at radius 3 is 1.39 bits per heavy atom. The van der Waals surface area contributed by atoms with Crippen molar-refractivity contribution in [3.63, 3.8) is 0 Å². The van der Waals surface area contributed by atoms with Gasteiger partial charge in [0, 0.05) is 24.1 Å².